The number of hydrogen-bond acceptors (Lipinski definition) is 6. The van der Waals surface area contributed by atoms with Gasteiger partial charge in [0.1, 0.15) is 5.82 Å². The zero-order chi connectivity index (χ0) is 20.9. The zero-order valence-corrected chi connectivity index (χ0v) is 17.6. The number of unbranched alkanes of at least 4 members (excludes halogenated alkanes) is 1. The van der Waals surface area contributed by atoms with Crippen molar-refractivity contribution in [3.8, 4) is 17.1 Å². The summed E-state index contributed by atoms with van der Waals surface area (Å²) in [6.45, 7) is 4.12. The third-order valence-corrected chi connectivity index (χ3v) is 5.65. The molecule has 0 bridgehead atoms. The molecule has 4 aromatic rings. The van der Waals surface area contributed by atoms with Crippen LogP contribution >= 0.6 is 11.8 Å². The average Bonchev–Trinajstić information content (AvgIpc) is 3.41. The van der Waals surface area contributed by atoms with Gasteiger partial charge in [-0.05, 0) is 37.6 Å². The Morgan fingerprint density at radius 3 is 2.57 bits per heavy atom. The van der Waals surface area contributed by atoms with Crippen LogP contribution in [0.15, 0.2) is 64.3 Å². The van der Waals surface area contributed by atoms with Gasteiger partial charge in [-0.2, -0.15) is 4.98 Å². The van der Waals surface area contributed by atoms with Crippen LogP contribution in [0.2, 0.25) is 0 Å². The van der Waals surface area contributed by atoms with Crippen LogP contribution in [0.1, 0.15) is 43.7 Å². The van der Waals surface area contributed by atoms with E-state index >= 15 is 0 Å². The monoisotopic (exact) mass is 423 g/mol. The number of nitrogens with zero attached hydrogens (tertiary/aromatic N) is 5. The molecule has 0 amide bonds. The molecule has 1 atom stereocenters. The van der Waals surface area contributed by atoms with Gasteiger partial charge in [0.25, 0.3) is 0 Å². The first-order valence-electron chi connectivity index (χ1n) is 9.91. The molecule has 4 rings (SSSR count). The van der Waals surface area contributed by atoms with Crippen LogP contribution in [0.5, 0.6) is 0 Å². The van der Waals surface area contributed by atoms with Gasteiger partial charge in [0.15, 0.2) is 16.8 Å². The summed E-state index contributed by atoms with van der Waals surface area (Å²) in [5.41, 5.74) is 1.71. The second-order valence-corrected chi connectivity index (χ2v) is 8.20. The molecule has 0 fully saturated rings. The summed E-state index contributed by atoms with van der Waals surface area (Å²) >= 11 is 1.47. The van der Waals surface area contributed by atoms with Crippen molar-refractivity contribution in [1.29, 1.82) is 0 Å². The molecule has 0 N–H and O–H groups in total. The number of halogens is 1. The van der Waals surface area contributed by atoms with Crippen molar-refractivity contribution in [3.05, 3.63) is 72.1 Å². The van der Waals surface area contributed by atoms with E-state index in [1.807, 2.05) is 41.8 Å². The molecule has 0 spiro atoms. The van der Waals surface area contributed by atoms with Crippen molar-refractivity contribution in [2.45, 2.75) is 43.5 Å². The molecule has 0 aliphatic heterocycles. The van der Waals surface area contributed by atoms with E-state index in [0.717, 1.165) is 36.3 Å². The Hall–Kier alpha value is -3.00. The fourth-order valence-electron chi connectivity index (χ4n) is 3.02. The van der Waals surface area contributed by atoms with Gasteiger partial charge in [0.2, 0.25) is 5.89 Å². The summed E-state index contributed by atoms with van der Waals surface area (Å²) in [7, 11) is 0. The van der Waals surface area contributed by atoms with E-state index in [9.17, 15) is 4.39 Å². The summed E-state index contributed by atoms with van der Waals surface area (Å²) in [6.07, 6.45) is 2.92. The second-order valence-electron chi connectivity index (χ2n) is 6.90. The Morgan fingerprint density at radius 2 is 1.83 bits per heavy atom. The maximum Gasteiger partial charge on any atom is 0.239 e. The summed E-state index contributed by atoms with van der Waals surface area (Å²) in [5.74, 6) is 1.68. The van der Waals surface area contributed by atoms with Crippen molar-refractivity contribution in [2.75, 3.05) is 0 Å². The van der Waals surface area contributed by atoms with Crippen LogP contribution in [-0.4, -0.2) is 24.9 Å². The minimum Gasteiger partial charge on any atom is -0.338 e. The van der Waals surface area contributed by atoms with Gasteiger partial charge < -0.3 is 4.52 Å². The van der Waals surface area contributed by atoms with Crippen molar-refractivity contribution in [2.24, 2.45) is 0 Å². The van der Waals surface area contributed by atoms with Crippen LogP contribution in [0.3, 0.4) is 0 Å². The van der Waals surface area contributed by atoms with Gasteiger partial charge in [-0.15, -0.1) is 10.2 Å². The predicted molar refractivity (Wildman–Crippen MR) is 114 cm³/mol. The lowest BCUT2D eigenvalue weighted by atomic mass is 10.2. The van der Waals surface area contributed by atoms with Crippen LogP contribution in [0.4, 0.5) is 4.39 Å². The van der Waals surface area contributed by atoms with Crippen LogP contribution in [0, 0.1) is 5.82 Å². The Bertz CT molecular complexity index is 1090. The van der Waals surface area contributed by atoms with Crippen molar-refractivity contribution >= 4 is 11.8 Å². The second kappa shape index (κ2) is 9.21. The summed E-state index contributed by atoms with van der Waals surface area (Å²) in [5, 5.41) is 13.4. The molecule has 0 saturated heterocycles. The van der Waals surface area contributed by atoms with E-state index in [-0.39, 0.29) is 11.1 Å². The maximum atomic E-state index is 13.5. The first-order chi connectivity index (χ1) is 14.7. The van der Waals surface area contributed by atoms with E-state index in [2.05, 4.69) is 27.3 Å². The zero-order valence-electron chi connectivity index (χ0n) is 16.8. The van der Waals surface area contributed by atoms with Gasteiger partial charge in [-0.25, -0.2) is 4.39 Å². The number of hydrogen-bond donors (Lipinski definition) is 0. The first kappa shape index (κ1) is 20.3. The van der Waals surface area contributed by atoms with Crippen LogP contribution in [-0.2, 0) is 6.42 Å². The molecule has 2 heterocycles. The van der Waals surface area contributed by atoms with Gasteiger partial charge in [0, 0.05) is 17.7 Å². The molecular weight excluding hydrogens is 401 g/mol. The Labute approximate surface area is 178 Å². The summed E-state index contributed by atoms with van der Waals surface area (Å²) in [4.78, 5) is 4.52. The lowest BCUT2D eigenvalue weighted by Crippen LogP contribution is -2.01. The number of thioether (sulfide) groups is 1. The van der Waals surface area contributed by atoms with Crippen molar-refractivity contribution in [3.63, 3.8) is 0 Å². The predicted octanol–water partition coefficient (Wildman–Crippen LogP) is 5.65. The number of aryl methyl sites for hydroxylation is 1. The molecule has 0 radical (unpaired) electrons. The fraction of sp³-hybridized carbons (Fsp3) is 0.273. The molecule has 154 valence electrons. The number of benzene rings is 2. The molecular formula is C22H22FN5OS. The van der Waals surface area contributed by atoms with Gasteiger partial charge >= 0.3 is 0 Å². The highest BCUT2D eigenvalue weighted by Gasteiger charge is 2.22. The lowest BCUT2D eigenvalue weighted by Gasteiger charge is -2.12. The Morgan fingerprint density at radius 1 is 1.07 bits per heavy atom. The molecule has 8 heteroatoms. The summed E-state index contributed by atoms with van der Waals surface area (Å²) < 4.78 is 20.9. The molecule has 2 aromatic heterocycles. The molecule has 30 heavy (non-hydrogen) atoms. The quantitative estimate of drug-likeness (QED) is 0.341. The summed E-state index contributed by atoms with van der Waals surface area (Å²) in [6, 6.07) is 16.1. The van der Waals surface area contributed by atoms with Crippen LogP contribution in [0.25, 0.3) is 17.1 Å². The Kier molecular flexibility index (Phi) is 6.23. The van der Waals surface area contributed by atoms with E-state index in [0.29, 0.717) is 16.9 Å². The smallest absolute Gasteiger partial charge is 0.239 e. The maximum absolute atomic E-state index is 13.5. The SMILES string of the molecule is CCCCc1noc(C(C)Sc2nnc(-c3ccccc3)n2-c2ccc(F)cc2)n1. The third kappa shape index (κ3) is 4.43. The topological polar surface area (TPSA) is 69.6 Å². The van der Waals surface area contributed by atoms with Crippen molar-refractivity contribution in [1.82, 2.24) is 24.9 Å². The highest BCUT2D eigenvalue weighted by atomic mass is 32.2. The van der Waals surface area contributed by atoms with E-state index in [4.69, 9.17) is 4.52 Å². The molecule has 6 nitrogen and oxygen atoms in total. The minimum atomic E-state index is -0.291. The third-order valence-electron chi connectivity index (χ3n) is 4.62. The molecule has 1 unspecified atom stereocenters. The first-order valence-corrected chi connectivity index (χ1v) is 10.8. The van der Waals surface area contributed by atoms with Gasteiger partial charge in [-0.1, -0.05) is 60.6 Å². The van der Waals surface area contributed by atoms with E-state index < -0.39 is 0 Å². The standard InChI is InChI=1S/C22H22FN5OS/c1-3-4-10-19-24-21(29-27-19)15(2)30-22-26-25-20(16-8-6-5-7-9-16)28(22)18-13-11-17(23)12-14-18/h5-9,11-15H,3-4,10H2,1-2H3. The number of aromatic nitrogens is 5. The van der Waals surface area contributed by atoms with Gasteiger partial charge in [0.05, 0.1) is 5.25 Å². The Balaban J connectivity index is 1.67. The molecule has 0 aliphatic carbocycles. The number of rotatable bonds is 8. The van der Waals surface area contributed by atoms with E-state index in [1.54, 1.807) is 12.1 Å². The fourth-order valence-corrected chi connectivity index (χ4v) is 3.92. The minimum absolute atomic E-state index is 0.111. The van der Waals surface area contributed by atoms with Crippen molar-refractivity contribution < 1.29 is 8.91 Å². The highest BCUT2D eigenvalue weighted by molar-refractivity contribution is 7.99. The molecule has 0 aliphatic rings. The average molecular weight is 424 g/mol. The van der Waals surface area contributed by atoms with Gasteiger partial charge in [-0.3, -0.25) is 4.57 Å². The van der Waals surface area contributed by atoms with Crippen LogP contribution < -0.4 is 0 Å². The largest absolute Gasteiger partial charge is 0.338 e. The lowest BCUT2D eigenvalue weighted by molar-refractivity contribution is 0.374. The normalized spacial score (nSPS) is 12.2. The highest BCUT2D eigenvalue weighted by Crippen LogP contribution is 2.36. The molecule has 2 aromatic carbocycles. The van der Waals surface area contributed by atoms with E-state index in [1.165, 1.54) is 23.9 Å². The molecule has 0 saturated carbocycles.